The van der Waals surface area contributed by atoms with Crippen LogP contribution in [-0.4, -0.2) is 135 Å². The maximum atomic E-state index is 15.3. The van der Waals surface area contributed by atoms with Crippen molar-refractivity contribution < 1.29 is 28.4 Å². The van der Waals surface area contributed by atoms with E-state index in [2.05, 4.69) is 74.9 Å². The highest BCUT2D eigenvalue weighted by atomic mass is 19.1. The lowest BCUT2D eigenvalue weighted by Gasteiger charge is -2.49. The van der Waals surface area contributed by atoms with E-state index in [1.54, 1.807) is 0 Å². The van der Waals surface area contributed by atoms with E-state index in [1.807, 2.05) is 40.4 Å². The van der Waals surface area contributed by atoms with Crippen LogP contribution in [0.2, 0.25) is 0 Å². The van der Waals surface area contributed by atoms with Gasteiger partial charge in [0.2, 0.25) is 29.5 Å². The van der Waals surface area contributed by atoms with E-state index in [1.165, 1.54) is 0 Å². The Balaban J connectivity index is 0.708. The monoisotopic (exact) mass is 995 g/mol. The van der Waals surface area contributed by atoms with Gasteiger partial charge in [0.1, 0.15) is 11.7 Å². The molecule has 386 valence electrons. The second-order valence-corrected chi connectivity index (χ2v) is 23.4. The molecule has 12 rings (SSSR count). The molecule has 7 fully saturated rings. The van der Waals surface area contributed by atoms with Crippen molar-refractivity contribution in [2.24, 2.45) is 11.3 Å². The number of piperidine rings is 5. The summed E-state index contributed by atoms with van der Waals surface area (Å²) >= 11 is 0. The molecule has 1 unspecified atom stereocenters. The first kappa shape index (κ1) is 48.1. The Bertz CT molecular complexity index is 2810. The van der Waals surface area contributed by atoms with E-state index in [-0.39, 0.29) is 59.5 Å². The summed E-state index contributed by atoms with van der Waals surface area (Å²) in [6, 6.07) is 17.5. The highest BCUT2D eigenvalue weighted by Gasteiger charge is 2.57. The zero-order valence-electron chi connectivity index (χ0n) is 42.8. The van der Waals surface area contributed by atoms with Crippen molar-refractivity contribution in [3.05, 3.63) is 66.0 Å². The van der Waals surface area contributed by atoms with Crippen molar-refractivity contribution in [2.75, 3.05) is 67.5 Å². The summed E-state index contributed by atoms with van der Waals surface area (Å²) in [5.74, 6) is 0.448. The van der Waals surface area contributed by atoms with Crippen LogP contribution in [0.4, 0.5) is 21.6 Å². The highest BCUT2D eigenvalue weighted by molar-refractivity contribution is 6.09. The van der Waals surface area contributed by atoms with Crippen molar-refractivity contribution in [1.82, 2.24) is 34.6 Å². The summed E-state index contributed by atoms with van der Waals surface area (Å²) in [5, 5.41) is 6.13. The number of pyridine rings is 1. The van der Waals surface area contributed by atoms with Gasteiger partial charge in [0.25, 0.3) is 0 Å². The summed E-state index contributed by atoms with van der Waals surface area (Å²) in [7, 11) is 0. The van der Waals surface area contributed by atoms with Gasteiger partial charge in [-0.15, -0.1) is 0 Å². The third-order valence-corrected chi connectivity index (χ3v) is 18.4. The fraction of sp³-hybridized carbons (Fsp3) is 0.596. The quantitative estimate of drug-likeness (QED) is 0.153. The minimum absolute atomic E-state index is 0.0139. The Morgan fingerprint density at radius 2 is 1.55 bits per heavy atom. The maximum Gasteiger partial charge on any atom is 0.238 e. The minimum Gasteiger partial charge on any atom is -0.371 e. The first-order valence-electron chi connectivity index (χ1n) is 27.5. The van der Waals surface area contributed by atoms with Crippen LogP contribution in [0.5, 0.6) is 0 Å². The molecule has 2 saturated carbocycles. The molecule has 0 radical (unpaired) electrons. The van der Waals surface area contributed by atoms with Gasteiger partial charge in [-0.25, -0.2) is 14.4 Å². The third kappa shape index (κ3) is 8.76. The normalized spacial score (nSPS) is 26.6. The molecular weight excluding hydrogens is 924 g/mol. The lowest BCUT2D eigenvalue weighted by Crippen LogP contribution is -2.59. The van der Waals surface area contributed by atoms with Gasteiger partial charge in [0.05, 0.1) is 28.9 Å². The maximum absolute atomic E-state index is 15.3. The topological polar surface area (TPSA) is 156 Å². The van der Waals surface area contributed by atoms with E-state index in [9.17, 15) is 23.6 Å². The number of aromatic nitrogens is 3. The largest absolute Gasteiger partial charge is 0.371 e. The zero-order chi connectivity index (χ0) is 50.3. The Labute approximate surface area is 427 Å². The van der Waals surface area contributed by atoms with Gasteiger partial charge in [0.15, 0.2) is 5.82 Å². The molecule has 5 saturated heterocycles. The molecule has 2 atom stereocenters. The molecule has 1 spiro atoms. The van der Waals surface area contributed by atoms with Crippen molar-refractivity contribution in [2.45, 2.75) is 152 Å². The van der Waals surface area contributed by atoms with Crippen molar-refractivity contribution in [1.29, 1.82) is 0 Å². The van der Waals surface area contributed by atoms with E-state index in [0.717, 1.165) is 115 Å². The second-order valence-electron chi connectivity index (χ2n) is 23.4. The molecule has 15 nitrogen and oxygen atoms in total. The number of rotatable bonds is 10. The molecule has 5 amide bonds. The summed E-state index contributed by atoms with van der Waals surface area (Å²) in [6.45, 7) is 11.4. The standard InChI is InChI=1S/C57H71FN10O5/c1-35(2)67-34-59-47-32-46(61-51(50(47)67)60-40-9-10-40)38-8-14-45-48(29-38)68(43-30-42(31-43)66-22-4-5-39(58)33-66)55(73)57(45)20-27-65(28-21-57)54(72)56(3)18-25-64(26-19-56)53(71)37-16-23-63(24-17-37)41-11-6-36(7-12-41)44-13-15-49(69)62-52(44)70/h6-8,11-12,14,29,32,34-35,37,39-40,42-44H,4-5,9-10,13,15-28,30-31,33H2,1-3H3,(H,60,61)(H,62,69,70)/t39-,42?,43?,44?/m1/s1. The average Bonchev–Trinajstić information content (AvgIpc) is 4.05. The zero-order valence-corrected chi connectivity index (χ0v) is 42.8. The number of likely N-dealkylation sites (tertiary alicyclic amines) is 3. The van der Waals surface area contributed by atoms with E-state index in [0.29, 0.717) is 83.7 Å². The van der Waals surface area contributed by atoms with Crippen LogP contribution in [0.1, 0.15) is 134 Å². The SMILES string of the molecule is CC(C)n1cnc2cc(-c3ccc4c(c3)N(C3CC(N5CCC[C@@H](F)C5)C3)C(=O)C43CCN(C(=O)C4(C)CCN(C(=O)C5CCN(c6ccc(C7CCC(=O)NC7=O)cc6)CC5)CC4)CC3)nc(NC3CC3)c21. The number of imidazole rings is 1. The number of amides is 5. The Hall–Kier alpha value is -5.90. The first-order chi connectivity index (χ1) is 35.2. The molecule has 16 heteroatoms. The van der Waals surface area contributed by atoms with Crippen LogP contribution in [-0.2, 0) is 29.4 Å². The second kappa shape index (κ2) is 18.8. The molecule has 6 aliphatic heterocycles. The van der Waals surface area contributed by atoms with Crippen LogP contribution in [0.15, 0.2) is 54.9 Å². The Morgan fingerprint density at radius 1 is 0.822 bits per heavy atom. The number of alkyl halides is 1. The molecule has 8 aliphatic rings. The van der Waals surface area contributed by atoms with Gasteiger partial charge in [-0.1, -0.05) is 31.2 Å². The Kier molecular flexibility index (Phi) is 12.4. The lowest BCUT2D eigenvalue weighted by atomic mass is 9.72. The number of fused-ring (bicyclic) bond motifs is 3. The summed E-state index contributed by atoms with van der Waals surface area (Å²) < 4.78 is 16.8. The molecular formula is C57H71FN10O5. The van der Waals surface area contributed by atoms with E-state index >= 15 is 4.79 Å². The number of hydrogen-bond acceptors (Lipinski definition) is 10. The smallest absolute Gasteiger partial charge is 0.238 e. The summed E-state index contributed by atoms with van der Waals surface area (Å²) in [6.07, 6.45) is 11.1. The number of carbonyl (C=O) groups excluding carboxylic acids is 5. The van der Waals surface area contributed by atoms with Gasteiger partial charge < -0.3 is 29.5 Å². The van der Waals surface area contributed by atoms with Gasteiger partial charge in [-0.05, 0) is 139 Å². The average molecular weight is 995 g/mol. The number of anilines is 3. The molecule has 0 bridgehead atoms. The third-order valence-electron chi connectivity index (χ3n) is 18.4. The molecule has 2 N–H and O–H groups in total. The number of benzene rings is 2. The minimum atomic E-state index is -0.794. The predicted octanol–water partition coefficient (Wildman–Crippen LogP) is 7.49. The Morgan fingerprint density at radius 3 is 2.23 bits per heavy atom. The van der Waals surface area contributed by atoms with Crippen molar-refractivity contribution in [3.8, 4) is 11.3 Å². The van der Waals surface area contributed by atoms with Crippen LogP contribution in [0, 0.1) is 11.3 Å². The first-order valence-corrected chi connectivity index (χ1v) is 27.5. The van der Waals surface area contributed by atoms with Crippen molar-refractivity contribution in [3.63, 3.8) is 0 Å². The van der Waals surface area contributed by atoms with Crippen LogP contribution in [0.25, 0.3) is 22.3 Å². The molecule has 4 aromatic rings. The summed E-state index contributed by atoms with van der Waals surface area (Å²) in [5.41, 5.74) is 6.25. The number of carbonyl (C=O) groups is 5. The molecule has 73 heavy (non-hydrogen) atoms. The van der Waals surface area contributed by atoms with Gasteiger partial charge in [-0.3, -0.25) is 34.2 Å². The predicted molar refractivity (Wildman–Crippen MR) is 278 cm³/mol. The number of halogens is 1. The molecule has 2 aliphatic carbocycles. The van der Waals surface area contributed by atoms with E-state index < -0.39 is 17.0 Å². The van der Waals surface area contributed by atoms with Gasteiger partial charge >= 0.3 is 0 Å². The fourth-order valence-electron chi connectivity index (χ4n) is 13.5. The number of nitrogens with zero attached hydrogens (tertiary/aromatic N) is 8. The molecule has 2 aromatic carbocycles. The number of nitrogens with one attached hydrogen (secondary N) is 2. The van der Waals surface area contributed by atoms with Crippen LogP contribution >= 0.6 is 0 Å². The van der Waals surface area contributed by atoms with Gasteiger partial charge in [-0.2, -0.15) is 0 Å². The number of imide groups is 1. The molecule has 8 heterocycles. The summed E-state index contributed by atoms with van der Waals surface area (Å²) in [4.78, 5) is 88.6. The van der Waals surface area contributed by atoms with E-state index in [4.69, 9.17) is 9.97 Å². The van der Waals surface area contributed by atoms with Crippen molar-refractivity contribution >= 4 is 57.8 Å². The lowest BCUT2D eigenvalue weighted by molar-refractivity contribution is -0.150. The van der Waals surface area contributed by atoms with Gasteiger partial charge in [0, 0.05) is 105 Å². The van der Waals surface area contributed by atoms with Crippen LogP contribution in [0.3, 0.4) is 0 Å². The fourth-order valence-corrected chi connectivity index (χ4v) is 13.5. The molecule has 2 aromatic heterocycles. The van der Waals surface area contributed by atoms with Crippen LogP contribution < -0.4 is 20.4 Å². The highest BCUT2D eigenvalue weighted by Crippen LogP contribution is 2.53. The number of hydrogen-bond donors (Lipinski definition) is 2.